The predicted molar refractivity (Wildman–Crippen MR) is 85.4 cm³/mol. The number of hydrogen-bond acceptors (Lipinski definition) is 3. The van der Waals surface area contributed by atoms with Crippen LogP contribution in [0.15, 0.2) is 24.3 Å². The molecule has 0 bridgehead atoms. The Morgan fingerprint density at radius 3 is 2.39 bits per heavy atom. The molecule has 1 saturated carbocycles. The number of carbonyl (C=O) groups is 2. The van der Waals surface area contributed by atoms with Gasteiger partial charge >= 0.3 is 5.97 Å². The molecule has 0 radical (unpaired) electrons. The van der Waals surface area contributed by atoms with E-state index in [1.165, 1.54) is 12.1 Å². The van der Waals surface area contributed by atoms with Gasteiger partial charge in [0.2, 0.25) is 0 Å². The first-order valence-electron chi connectivity index (χ1n) is 8.14. The first-order chi connectivity index (χ1) is 10.9. The summed E-state index contributed by atoms with van der Waals surface area (Å²) in [5, 5.41) is 2.72. The molecule has 0 aliphatic heterocycles. The largest absolute Gasteiger partial charge is 0.455 e. The molecular weight excluding hydrogens is 297 g/mol. The Bertz CT molecular complexity index is 548. The molecule has 2 rings (SSSR count). The molecule has 0 spiro atoms. The van der Waals surface area contributed by atoms with Crippen molar-refractivity contribution in [2.45, 2.75) is 44.9 Å². The Morgan fingerprint density at radius 2 is 1.83 bits per heavy atom. The summed E-state index contributed by atoms with van der Waals surface area (Å²) in [6, 6.07) is 6.00. The lowest BCUT2D eigenvalue weighted by Crippen LogP contribution is -2.38. The fraction of sp³-hybridized carbons (Fsp3) is 0.556. The van der Waals surface area contributed by atoms with Crippen LogP contribution >= 0.6 is 0 Å². The van der Waals surface area contributed by atoms with Crippen molar-refractivity contribution in [3.63, 3.8) is 0 Å². The second kappa shape index (κ2) is 7.57. The van der Waals surface area contributed by atoms with E-state index in [9.17, 15) is 14.0 Å². The van der Waals surface area contributed by atoms with Crippen LogP contribution in [0.2, 0.25) is 0 Å². The molecule has 0 heterocycles. The zero-order valence-corrected chi connectivity index (χ0v) is 13.7. The van der Waals surface area contributed by atoms with Crippen LogP contribution in [-0.4, -0.2) is 25.0 Å². The number of nitrogens with one attached hydrogen (secondary N) is 1. The third kappa shape index (κ3) is 4.30. The molecule has 0 saturated heterocycles. The summed E-state index contributed by atoms with van der Waals surface area (Å²) in [4.78, 5) is 24.3. The molecule has 1 N–H and O–H groups in total. The molecule has 1 aliphatic carbocycles. The molecule has 1 amide bonds. The standard InChI is InChI=1S/C18H24FNO3/c1-13(2)11-20-16(21)12-23-17(22)18(9-3-4-10-18)14-5-7-15(19)8-6-14/h5-8,13H,3-4,9-12H2,1-2H3,(H,20,21). The summed E-state index contributed by atoms with van der Waals surface area (Å²) >= 11 is 0. The van der Waals surface area contributed by atoms with Crippen LogP contribution in [0.25, 0.3) is 0 Å². The van der Waals surface area contributed by atoms with Crippen molar-refractivity contribution >= 4 is 11.9 Å². The summed E-state index contributed by atoms with van der Waals surface area (Å²) in [5.41, 5.74) is 0.0236. The van der Waals surface area contributed by atoms with Crippen molar-refractivity contribution < 1.29 is 18.7 Å². The van der Waals surface area contributed by atoms with E-state index in [1.807, 2.05) is 13.8 Å². The number of hydrogen-bond donors (Lipinski definition) is 1. The first-order valence-corrected chi connectivity index (χ1v) is 8.14. The Morgan fingerprint density at radius 1 is 1.22 bits per heavy atom. The summed E-state index contributed by atoms with van der Waals surface area (Å²) in [6.45, 7) is 4.27. The zero-order chi connectivity index (χ0) is 16.9. The van der Waals surface area contributed by atoms with Gasteiger partial charge in [-0.05, 0) is 36.5 Å². The third-order valence-electron chi connectivity index (χ3n) is 4.29. The second-order valence-corrected chi connectivity index (χ2v) is 6.57. The molecule has 1 aromatic rings. The summed E-state index contributed by atoms with van der Waals surface area (Å²) < 4.78 is 18.4. The molecule has 0 unspecified atom stereocenters. The van der Waals surface area contributed by atoms with Crippen LogP contribution in [0.5, 0.6) is 0 Å². The average molecular weight is 321 g/mol. The Labute approximate surface area is 136 Å². The number of esters is 1. The minimum absolute atomic E-state index is 0.269. The topological polar surface area (TPSA) is 55.4 Å². The number of rotatable bonds is 6. The maximum atomic E-state index is 13.1. The van der Waals surface area contributed by atoms with Gasteiger partial charge in [-0.2, -0.15) is 0 Å². The van der Waals surface area contributed by atoms with Crippen molar-refractivity contribution in [3.05, 3.63) is 35.6 Å². The molecule has 0 aromatic heterocycles. The first kappa shape index (κ1) is 17.4. The fourth-order valence-electron chi connectivity index (χ4n) is 3.00. The van der Waals surface area contributed by atoms with Gasteiger partial charge in [0.1, 0.15) is 5.82 Å². The van der Waals surface area contributed by atoms with Gasteiger partial charge in [-0.1, -0.05) is 38.8 Å². The number of benzene rings is 1. The van der Waals surface area contributed by atoms with Crippen LogP contribution in [0.3, 0.4) is 0 Å². The van der Waals surface area contributed by atoms with Crippen molar-refractivity contribution in [2.24, 2.45) is 5.92 Å². The highest BCUT2D eigenvalue weighted by atomic mass is 19.1. The van der Waals surface area contributed by atoms with Gasteiger partial charge in [-0.15, -0.1) is 0 Å². The SMILES string of the molecule is CC(C)CNC(=O)COC(=O)C1(c2ccc(F)cc2)CCCC1. The van der Waals surface area contributed by atoms with E-state index in [0.717, 1.165) is 18.4 Å². The molecule has 5 heteroatoms. The normalized spacial score (nSPS) is 16.3. The van der Waals surface area contributed by atoms with Crippen LogP contribution in [-0.2, 0) is 19.7 Å². The van der Waals surface area contributed by atoms with Gasteiger partial charge in [-0.25, -0.2) is 4.39 Å². The average Bonchev–Trinajstić information content (AvgIpc) is 3.02. The van der Waals surface area contributed by atoms with E-state index < -0.39 is 5.41 Å². The van der Waals surface area contributed by atoms with E-state index >= 15 is 0 Å². The molecular formula is C18H24FNO3. The minimum Gasteiger partial charge on any atom is -0.455 e. The quantitative estimate of drug-likeness (QED) is 0.820. The van der Waals surface area contributed by atoms with Crippen LogP contribution in [0.4, 0.5) is 4.39 Å². The highest BCUT2D eigenvalue weighted by Crippen LogP contribution is 2.42. The molecule has 4 nitrogen and oxygen atoms in total. The van der Waals surface area contributed by atoms with Gasteiger partial charge in [0, 0.05) is 6.54 Å². The lowest BCUT2D eigenvalue weighted by Gasteiger charge is -2.27. The predicted octanol–water partition coefficient (Wildman–Crippen LogP) is 2.95. The number of carbonyl (C=O) groups excluding carboxylic acids is 2. The van der Waals surface area contributed by atoms with Crippen LogP contribution < -0.4 is 5.32 Å². The second-order valence-electron chi connectivity index (χ2n) is 6.57. The van der Waals surface area contributed by atoms with E-state index in [1.54, 1.807) is 12.1 Å². The van der Waals surface area contributed by atoms with Gasteiger partial charge < -0.3 is 10.1 Å². The van der Waals surface area contributed by atoms with Gasteiger partial charge in [0.05, 0.1) is 5.41 Å². The maximum absolute atomic E-state index is 13.1. The number of halogens is 1. The monoisotopic (exact) mass is 321 g/mol. The molecule has 0 atom stereocenters. The minimum atomic E-state index is -0.744. The molecule has 23 heavy (non-hydrogen) atoms. The summed E-state index contributed by atoms with van der Waals surface area (Å²) in [7, 11) is 0. The number of ether oxygens (including phenoxy) is 1. The molecule has 1 fully saturated rings. The molecule has 1 aliphatic rings. The Kier molecular flexibility index (Phi) is 5.74. The highest BCUT2D eigenvalue weighted by molar-refractivity contribution is 5.86. The van der Waals surface area contributed by atoms with E-state index in [2.05, 4.69) is 5.32 Å². The Balaban J connectivity index is 2.02. The maximum Gasteiger partial charge on any atom is 0.317 e. The Hall–Kier alpha value is -1.91. The smallest absolute Gasteiger partial charge is 0.317 e. The third-order valence-corrected chi connectivity index (χ3v) is 4.29. The molecule has 1 aromatic carbocycles. The van der Waals surface area contributed by atoms with Gasteiger partial charge in [0.15, 0.2) is 6.61 Å². The van der Waals surface area contributed by atoms with Crippen molar-refractivity contribution in [2.75, 3.05) is 13.2 Å². The molecule has 126 valence electrons. The van der Waals surface area contributed by atoms with Crippen molar-refractivity contribution in [1.29, 1.82) is 0 Å². The van der Waals surface area contributed by atoms with Crippen LogP contribution in [0.1, 0.15) is 45.1 Å². The lowest BCUT2D eigenvalue weighted by molar-refractivity contribution is -0.154. The van der Waals surface area contributed by atoms with E-state index in [0.29, 0.717) is 25.3 Å². The van der Waals surface area contributed by atoms with Crippen molar-refractivity contribution in [1.82, 2.24) is 5.32 Å². The highest BCUT2D eigenvalue weighted by Gasteiger charge is 2.44. The van der Waals surface area contributed by atoms with Gasteiger partial charge in [-0.3, -0.25) is 9.59 Å². The van der Waals surface area contributed by atoms with Crippen LogP contribution in [0, 0.1) is 11.7 Å². The lowest BCUT2D eigenvalue weighted by atomic mass is 9.79. The van der Waals surface area contributed by atoms with Gasteiger partial charge in [0.25, 0.3) is 5.91 Å². The van der Waals surface area contributed by atoms with E-state index in [-0.39, 0.29) is 24.3 Å². The summed E-state index contributed by atoms with van der Waals surface area (Å²) in [6.07, 6.45) is 3.19. The fourth-order valence-corrected chi connectivity index (χ4v) is 3.00. The zero-order valence-electron chi connectivity index (χ0n) is 13.7. The number of amides is 1. The van der Waals surface area contributed by atoms with E-state index in [4.69, 9.17) is 4.74 Å². The summed E-state index contributed by atoms with van der Waals surface area (Å²) in [5.74, 6) is -0.668. The van der Waals surface area contributed by atoms with Crippen molar-refractivity contribution in [3.8, 4) is 0 Å².